The van der Waals surface area contributed by atoms with Crippen LogP contribution in [-0.2, 0) is 9.59 Å². The maximum atomic E-state index is 12.8. The van der Waals surface area contributed by atoms with Crippen molar-refractivity contribution in [2.75, 3.05) is 18.0 Å². The third-order valence-electron chi connectivity index (χ3n) is 2.02. The van der Waals surface area contributed by atoms with Gasteiger partial charge in [-0.15, -0.1) is 0 Å². The lowest BCUT2D eigenvalue weighted by atomic mass is 10.3. The van der Waals surface area contributed by atoms with Crippen LogP contribution in [0.15, 0.2) is 18.3 Å². The topological polar surface area (TPSA) is 62.3 Å². The number of imide groups is 1. The van der Waals surface area contributed by atoms with Crippen molar-refractivity contribution in [3.05, 3.63) is 24.3 Å². The molecule has 5 nitrogen and oxygen atoms in total. The van der Waals surface area contributed by atoms with Crippen LogP contribution < -0.4 is 10.2 Å². The molecule has 0 aliphatic carbocycles. The Labute approximate surface area is 84.9 Å². The molecule has 0 saturated carbocycles. The van der Waals surface area contributed by atoms with Crippen molar-refractivity contribution in [1.82, 2.24) is 10.3 Å². The van der Waals surface area contributed by atoms with E-state index in [0.29, 0.717) is 5.69 Å². The Morgan fingerprint density at radius 2 is 2.00 bits per heavy atom. The second-order valence-electron chi connectivity index (χ2n) is 3.16. The number of piperazine rings is 1. The maximum absolute atomic E-state index is 12.8. The van der Waals surface area contributed by atoms with E-state index >= 15 is 0 Å². The zero-order valence-corrected chi connectivity index (χ0v) is 7.74. The van der Waals surface area contributed by atoms with Gasteiger partial charge in [0.15, 0.2) is 0 Å². The highest BCUT2D eigenvalue weighted by Gasteiger charge is 2.22. The lowest BCUT2D eigenvalue weighted by molar-refractivity contribution is -0.130. The minimum absolute atomic E-state index is 0.0508. The number of aromatic nitrogens is 1. The predicted octanol–water partition coefficient (Wildman–Crippen LogP) is -0.317. The molecule has 2 amide bonds. The van der Waals surface area contributed by atoms with Crippen LogP contribution in [0.5, 0.6) is 0 Å². The molecule has 1 aromatic rings. The van der Waals surface area contributed by atoms with Crippen LogP contribution in [0.4, 0.5) is 10.1 Å². The molecule has 1 aliphatic heterocycles. The fraction of sp³-hybridized carbons (Fsp3) is 0.222. The van der Waals surface area contributed by atoms with Crippen molar-refractivity contribution in [2.45, 2.75) is 0 Å². The van der Waals surface area contributed by atoms with Crippen molar-refractivity contribution in [1.29, 1.82) is 0 Å². The SMILES string of the molecule is O=C1CN(c2ccnc(F)c2)CC(=O)N1. The first-order valence-corrected chi connectivity index (χ1v) is 4.34. The van der Waals surface area contributed by atoms with E-state index in [4.69, 9.17) is 0 Å². The number of carbonyl (C=O) groups is 2. The summed E-state index contributed by atoms with van der Waals surface area (Å²) in [5, 5.41) is 2.16. The molecule has 2 rings (SSSR count). The van der Waals surface area contributed by atoms with Crippen LogP contribution >= 0.6 is 0 Å². The molecule has 15 heavy (non-hydrogen) atoms. The van der Waals surface area contributed by atoms with Gasteiger partial charge in [0, 0.05) is 18.0 Å². The van der Waals surface area contributed by atoms with Crippen LogP contribution in [0.25, 0.3) is 0 Å². The molecule has 6 heteroatoms. The largest absolute Gasteiger partial charge is 0.353 e. The third-order valence-corrected chi connectivity index (χ3v) is 2.02. The molecule has 0 aromatic carbocycles. The Hall–Kier alpha value is -1.98. The molecule has 1 aliphatic rings. The molecule has 1 saturated heterocycles. The van der Waals surface area contributed by atoms with Crippen LogP contribution in [0, 0.1) is 5.95 Å². The third kappa shape index (κ3) is 2.09. The lowest BCUT2D eigenvalue weighted by Gasteiger charge is -2.27. The summed E-state index contributed by atoms with van der Waals surface area (Å²) < 4.78 is 12.8. The van der Waals surface area contributed by atoms with Crippen LogP contribution in [0.3, 0.4) is 0 Å². The molecule has 0 unspecified atom stereocenters. The smallest absolute Gasteiger partial charge is 0.246 e. The Kier molecular flexibility index (Phi) is 2.32. The summed E-state index contributed by atoms with van der Waals surface area (Å²) in [6.07, 6.45) is 1.29. The van der Waals surface area contributed by atoms with Crippen molar-refractivity contribution in [3.8, 4) is 0 Å². The Bertz CT molecular complexity index is 406. The summed E-state index contributed by atoms with van der Waals surface area (Å²) >= 11 is 0. The molecule has 0 radical (unpaired) electrons. The normalized spacial score (nSPS) is 16.5. The van der Waals surface area contributed by atoms with E-state index in [-0.39, 0.29) is 24.9 Å². The fourth-order valence-electron chi connectivity index (χ4n) is 1.41. The number of nitrogens with one attached hydrogen (secondary N) is 1. The molecular formula is C9H8FN3O2. The lowest BCUT2D eigenvalue weighted by Crippen LogP contribution is -2.51. The number of halogens is 1. The van der Waals surface area contributed by atoms with E-state index in [9.17, 15) is 14.0 Å². The zero-order chi connectivity index (χ0) is 10.8. The molecular weight excluding hydrogens is 201 g/mol. The van der Waals surface area contributed by atoms with Gasteiger partial charge in [0.25, 0.3) is 0 Å². The van der Waals surface area contributed by atoms with Gasteiger partial charge < -0.3 is 4.90 Å². The average Bonchev–Trinajstić information content (AvgIpc) is 2.16. The van der Waals surface area contributed by atoms with Crippen molar-refractivity contribution >= 4 is 17.5 Å². The Balaban J connectivity index is 2.23. The van der Waals surface area contributed by atoms with Gasteiger partial charge in [0.1, 0.15) is 0 Å². The van der Waals surface area contributed by atoms with Gasteiger partial charge in [0.2, 0.25) is 17.8 Å². The van der Waals surface area contributed by atoms with Gasteiger partial charge >= 0.3 is 0 Å². The van der Waals surface area contributed by atoms with Gasteiger partial charge in [0.05, 0.1) is 13.1 Å². The summed E-state index contributed by atoms with van der Waals surface area (Å²) in [7, 11) is 0. The second-order valence-corrected chi connectivity index (χ2v) is 3.16. The first-order chi connectivity index (χ1) is 7.15. The minimum atomic E-state index is -0.633. The highest BCUT2D eigenvalue weighted by atomic mass is 19.1. The molecule has 1 fully saturated rings. The molecule has 1 N–H and O–H groups in total. The fourth-order valence-corrected chi connectivity index (χ4v) is 1.41. The minimum Gasteiger partial charge on any atom is -0.353 e. The van der Waals surface area contributed by atoms with E-state index in [0.717, 1.165) is 0 Å². The number of pyridine rings is 1. The molecule has 1 aromatic heterocycles. The van der Waals surface area contributed by atoms with Crippen molar-refractivity contribution < 1.29 is 14.0 Å². The zero-order valence-electron chi connectivity index (χ0n) is 7.74. The van der Waals surface area contributed by atoms with Gasteiger partial charge in [-0.05, 0) is 6.07 Å². The summed E-state index contributed by atoms with van der Waals surface area (Å²) in [5.41, 5.74) is 0.478. The number of hydrogen-bond acceptors (Lipinski definition) is 4. The van der Waals surface area contributed by atoms with E-state index in [1.54, 1.807) is 6.07 Å². The molecule has 0 bridgehead atoms. The summed E-state index contributed by atoms with van der Waals surface area (Å²) in [6.45, 7) is 0.102. The summed E-state index contributed by atoms with van der Waals surface area (Å²) in [6, 6.07) is 2.74. The second kappa shape index (κ2) is 3.64. The molecule has 0 atom stereocenters. The summed E-state index contributed by atoms with van der Waals surface area (Å²) in [4.78, 5) is 27.0. The van der Waals surface area contributed by atoms with E-state index in [1.807, 2.05) is 0 Å². The number of carbonyl (C=O) groups excluding carboxylic acids is 2. The average molecular weight is 209 g/mol. The van der Waals surface area contributed by atoms with Crippen LogP contribution in [0.1, 0.15) is 0 Å². The highest BCUT2D eigenvalue weighted by Crippen LogP contribution is 2.14. The number of hydrogen-bond donors (Lipinski definition) is 1. The number of nitrogens with zero attached hydrogens (tertiary/aromatic N) is 2. The van der Waals surface area contributed by atoms with Gasteiger partial charge in [-0.2, -0.15) is 4.39 Å². The molecule has 2 heterocycles. The van der Waals surface area contributed by atoms with E-state index in [1.165, 1.54) is 17.2 Å². The number of rotatable bonds is 1. The molecule has 0 spiro atoms. The van der Waals surface area contributed by atoms with Crippen LogP contribution in [0.2, 0.25) is 0 Å². The Morgan fingerprint density at radius 3 is 2.60 bits per heavy atom. The number of amides is 2. The van der Waals surface area contributed by atoms with Gasteiger partial charge in [-0.3, -0.25) is 14.9 Å². The van der Waals surface area contributed by atoms with Gasteiger partial charge in [-0.25, -0.2) is 4.98 Å². The van der Waals surface area contributed by atoms with Crippen molar-refractivity contribution in [3.63, 3.8) is 0 Å². The monoisotopic (exact) mass is 209 g/mol. The summed E-state index contributed by atoms with van der Waals surface area (Å²) in [5.74, 6) is -1.40. The van der Waals surface area contributed by atoms with E-state index in [2.05, 4.69) is 10.3 Å². The van der Waals surface area contributed by atoms with Gasteiger partial charge in [-0.1, -0.05) is 0 Å². The Morgan fingerprint density at radius 1 is 1.33 bits per heavy atom. The standard InChI is InChI=1S/C9H8FN3O2/c10-7-3-6(1-2-11-7)13-4-8(14)12-9(15)5-13/h1-3H,4-5H2,(H,12,14,15). The quantitative estimate of drug-likeness (QED) is 0.508. The maximum Gasteiger partial charge on any atom is 0.246 e. The highest BCUT2D eigenvalue weighted by molar-refractivity contribution is 6.02. The van der Waals surface area contributed by atoms with Crippen LogP contribution in [-0.4, -0.2) is 29.9 Å². The first kappa shape index (κ1) is 9.57. The number of anilines is 1. The first-order valence-electron chi connectivity index (χ1n) is 4.34. The predicted molar refractivity (Wildman–Crippen MR) is 49.6 cm³/mol. The van der Waals surface area contributed by atoms with Crippen molar-refractivity contribution in [2.24, 2.45) is 0 Å². The van der Waals surface area contributed by atoms with E-state index < -0.39 is 5.95 Å². The molecule has 78 valence electrons.